The minimum Gasteiger partial charge on any atom is -0.368 e. The van der Waals surface area contributed by atoms with Crippen molar-refractivity contribution < 1.29 is 4.79 Å². The molecule has 1 amide bonds. The monoisotopic (exact) mass is 281 g/mol. The molecule has 2 rings (SSSR count). The van der Waals surface area contributed by atoms with E-state index in [1.165, 1.54) is 19.5 Å². The third-order valence-corrected chi connectivity index (χ3v) is 5.44. The Labute approximate surface area is 123 Å². The number of nitrogens with zero attached hydrogens (tertiary/aromatic N) is 1. The molecular weight excluding hydrogens is 250 g/mol. The number of nitrogens with one attached hydrogen (secondary N) is 1. The zero-order valence-corrected chi connectivity index (χ0v) is 13.3. The first kappa shape index (κ1) is 15.8. The number of hydrogen-bond donors (Lipinski definition) is 2. The van der Waals surface area contributed by atoms with Gasteiger partial charge in [-0.2, -0.15) is 0 Å². The quantitative estimate of drug-likeness (QED) is 0.805. The van der Waals surface area contributed by atoms with Crippen molar-refractivity contribution in [3.8, 4) is 0 Å². The summed E-state index contributed by atoms with van der Waals surface area (Å²) in [6.45, 7) is 8.22. The number of likely N-dealkylation sites (tertiary alicyclic amines) is 1. The SMILES string of the molecule is CNC1(C(N)=O)CCCC1CCN1CC(C)CC(C)C1. The topological polar surface area (TPSA) is 58.4 Å². The summed E-state index contributed by atoms with van der Waals surface area (Å²) in [5.74, 6) is 1.83. The molecule has 20 heavy (non-hydrogen) atoms. The molecule has 4 heteroatoms. The van der Waals surface area contributed by atoms with E-state index < -0.39 is 5.54 Å². The van der Waals surface area contributed by atoms with E-state index in [1.54, 1.807) is 0 Å². The second kappa shape index (κ2) is 6.44. The molecule has 1 aliphatic heterocycles. The maximum atomic E-state index is 11.9. The largest absolute Gasteiger partial charge is 0.368 e. The Balaban J connectivity index is 1.91. The zero-order valence-electron chi connectivity index (χ0n) is 13.3. The maximum Gasteiger partial charge on any atom is 0.238 e. The van der Waals surface area contributed by atoms with Gasteiger partial charge in [-0.1, -0.05) is 20.3 Å². The summed E-state index contributed by atoms with van der Waals surface area (Å²) in [7, 11) is 1.88. The molecule has 0 aromatic rings. The van der Waals surface area contributed by atoms with Crippen molar-refractivity contribution >= 4 is 5.91 Å². The minimum atomic E-state index is -0.451. The molecule has 4 unspecified atom stereocenters. The molecule has 1 heterocycles. The second-order valence-electron chi connectivity index (χ2n) is 7.17. The van der Waals surface area contributed by atoms with Gasteiger partial charge in [0.1, 0.15) is 5.54 Å². The van der Waals surface area contributed by atoms with Crippen molar-refractivity contribution in [3.05, 3.63) is 0 Å². The van der Waals surface area contributed by atoms with Gasteiger partial charge in [0.2, 0.25) is 5.91 Å². The van der Waals surface area contributed by atoms with Gasteiger partial charge in [0, 0.05) is 13.1 Å². The molecule has 1 saturated carbocycles. The first-order valence-corrected chi connectivity index (χ1v) is 8.19. The van der Waals surface area contributed by atoms with Gasteiger partial charge in [0.25, 0.3) is 0 Å². The normalized spacial score (nSPS) is 39.0. The van der Waals surface area contributed by atoms with Crippen molar-refractivity contribution in [2.24, 2.45) is 23.5 Å². The summed E-state index contributed by atoms with van der Waals surface area (Å²) in [5, 5.41) is 3.24. The maximum absolute atomic E-state index is 11.9. The highest BCUT2D eigenvalue weighted by atomic mass is 16.1. The van der Waals surface area contributed by atoms with Gasteiger partial charge in [-0.3, -0.25) is 4.79 Å². The second-order valence-corrected chi connectivity index (χ2v) is 7.17. The fraction of sp³-hybridized carbons (Fsp3) is 0.938. The van der Waals surface area contributed by atoms with E-state index in [0.717, 1.165) is 44.1 Å². The number of piperidine rings is 1. The standard InChI is InChI=1S/C16H31N3O/c1-12-9-13(2)11-19(10-12)8-6-14-5-4-7-16(14,18-3)15(17)20/h12-14,18H,4-11H2,1-3H3,(H2,17,20). The van der Waals surface area contributed by atoms with Crippen LogP contribution in [0.2, 0.25) is 0 Å². The van der Waals surface area contributed by atoms with Gasteiger partial charge in [0.05, 0.1) is 0 Å². The molecule has 4 nitrogen and oxygen atoms in total. The highest BCUT2D eigenvalue weighted by molar-refractivity contribution is 5.85. The smallest absolute Gasteiger partial charge is 0.238 e. The Kier molecular flexibility index (Phi) is 5.08. The van der Waals surface area contributed by atoms with Crippen LogP contribution in [0.3, 0.4) is 0 Å². The summed E-state index contributed by atoms with van der Waals surface area (Å²) >= 11 is 0. The predicted molar refractivity (Wildman–Crippen MR) is 82.3 cm³/mol. The summed E-state index contributed by atoms with van der Waals surface area (Å²) < 4.78 is 0. The van der Waals surface area contributed by atoms with Crippen molar-refractivity contribution in [2.45, 2.75) is 51.5 Å². The molecule has 0 aromatic heterocycles. The molecule has 1 aliphatic carbocycles. The summed E-state index contributed by atoms with van der Waals surface area (Å²) in [6.07, 6.45) is 5.57. The number of carbonyl (C=O) groups is 1. The predicted octanol–water partition coefficient (Wildman–Crippen LogP) is 1.60. The van der Waals surface area contributed by atoms with Crippen LogP contribution >= 0.6 is 0 Å². The lowest BCUT2D eigenvalue weighted by molar-refractivity contribution is -0.125. The van der Waals surface area contributed by atoms with Gasteiger partial charge in [-0.05, 0) is 57.0 Å². The minimum absolute atomic E-state index is 0.164. The fourth-order valence-electron chi connectivity index (χ4n) is 4.56. The number of hydrogen-bond acceptors (Lipinski definition) is 3. The summed E-state index contributed by atoms with van der Waals surface area (Å²) in [4.78, 5) is 14.4. The van der Waals surface area contributed by atoms with Crippen LogP contribution in [0.1, 0.15) is 46.0 Å². The van der Waals surface area contributed by atoms with Crippen LogP contribution in [0.25, 0.3) is 0 Å². The molecule has 2 fully saturated rings. The fourth-order valence-corrected chi connectivity index (χ4v) is 4.56. The molecule has 3 N–H and O–H groups in total. The van der Waals surface area contributed by atoms with Gasteiger partial charge in [-0.15, -0.1) is 0 Å². The average Bonchev–Trinajstić information content (AvgIpc) is 2.79. The van der Waals surface area contributed by atoms with E-state index in [4.69, 9.17) is 5.73 Å². The van der Waals surface area contributed by atoms with E-state index in [9.17, 15) is 4.79 Å². The molecule has 0 aromatic carbocycles. The van der Waals surface area contributed by atoms with Crippen molar-refractivity contribution in [1.29, 1.82) is 0 Å². The Bertz CT molecular complexity index is 337. The molecule has 4 atom stereocenters. The van der Waals surface area contributed by atoms with Crippen molar-refractivity contribution in [2.75, 3.05) is 26.7 Å². The van der Waals surface area contributed by atoms with E-state index in [2.05, 4.69) is 24.1 Å². The summed E-state index contributed by atoms with van der Waals surface area (Å²) in [5.41, 5.74) is 5.22. The lowest BCUT2D eigenvalue weighted by Gasteiger charge is -2.37. The van der Waals surface area contributed by atoms with E-state index in [1.807, 2.05) is 7.05 Å². The van der Waals surface area contributed by atoms with Crippen LogP contribution in [0.4, 0.5) is 0 Å². The van der Waals surface area contributed by atoms with Crippen LogP contribution in [0, 0.1) is 17.8 Å². The Morgan fingerprint density at radius 3 is 2.55 bits per heavy atom. The van der Waals surface area contributed by atoms with E-state index >= 15 is 0 Å². The van der Waals surface area contributed by atoms with Gasteiger partial charge < -0.3 is 16.0 Å². The molecule has 0 radical (unpaired) electrons. The number of carbonyl (C=O) groups excluding carboxylic acids is 1. The lowest BCUT2D eigenvalue weighted by Crippen LogP contribution is -2.57. The van der Waals surface area contributed by atoms with Crippen molar-refractivity contribution in [1.82, 2.24) is 10.2 Å². The number of amides is 1. The Hall–Kier alpha value is -0.610. The van der Waals surface area contributed by atoms with Gasteiger partial charge >= 0.3 is 0 Å². The van der Waals surface area contributed by atoms with Crippen LogP contribution in [0.5, 0.6) is 0 Å². The molecule has 0 spiro atoms. The van der Waals surface area contributed by atoms with Crippen LogP contribution in [-0.4, -0.2) is 43.0 Å². The molecule has 1 saturated heterocycles. The Morgan fingerprint density at radius 1 is 1.35 bits per heavy atom. The highest BCUT2D eigenvalue weighted by Crippen LogP contribution is 2.38. The number of nitrogens with two attached hydrogens (primary N) is 1. The van der Waals surface area contributed by atoms with Gasteiger partial charge in [-0.25, -0.2) is 0 Å². The third kappa shape index (κ3) is 3.17. The van der Waals surface area contributed by atoms with Crippen LogP contribution in [-0.2, 0) is 4.79 Å². The highest BCUT2D eigenvalue weighted by Gasteiger charge is 2.46. The molecular formula is C16H31N3O. The first-order valence-electron chi connectivity index (χ1n) is 8.19. The van der Waals surface area contributed by atoms with E-state index in [0.29, 0.717) is 5.92 Å². The van der Waals surface area contributed by atoms with Crippen molar-refractivity contribution in [3.63, 3.8) is 0 Å². The number of likely N-dealkylation sites (N-methyl/N-ethyl adjacent to an activating group) is 1. The van der Waals surface area contributed by atoms with Gasteiger partial charge in [0.15, 0.2) is 0 Å². The zero-order chi connectivity index (χ0) is 14.8. The molecule has 116 valence electrons. The van der Waals surface area contributed by atoms with Crippen LogP contribution in [0.15, 0.2) is 0 Å². The average molecular weight is 281 g/mol. The summed E-state index contributed by atoms with van der Waals surface area (Å²) in [6, 6.07) is 0. The first-order chi connectivity index (χ1) is 9.48. The Morgan fingerprint density at radius 2 is 2.00 bits per heavy atom. The molecule has 0 bridgehead atoms. The van der Waals surface area contributed by atoms with Crippen LogP contribution < -0.4 is 11.1 Å². The number of primary amides is 1. The van der Waals surface area contributed by atoms with E-state index in [-0.39, 0.29) is 5.91 Å². The third-order valence-electron chi connectivity index (χ3n) is 5.44. The molecule has 2 aliphatic rings. The lowest BCUT2D eigenvalue weighted by atomic mass is 9.83. The number of rotatable bonds is 5.